The van der Waals surface area contributed by atoms with E-state index in [1.165, 1.54) is 0 Å². The first-order valence-electron chi connectivity index (χ1n) is 6.13. The van der Waals surface area contributed by atoms with Crippen LogP contribution in [0.2, 0.25) is 0 Å². The van der Waals surface area contributed by atoms with E-state index in [0.29, 0.717) is 11.6 Å². The molecule has 0 aromatic carbocycles. The van der Waals surface area contributed by atoms with Crippen LogP contribution in [-0.4, -0.2) is 61.4 Å². The van der Waals surface area contributed by atoms with E-state index >= 15 is 0 Å². The number of aliphatic hydroxyl groups excluding tert-OH is 1. The summed E-state index contributed by atoms with van der Waals surface area (Å²) in [5.41, 5.74) is 6.63. The zero-order valence-corrected chi connectivity index (χ0v) is 10.7. The van der Waals surface area contributed by atoms with Crippen LogP contribution in [0.25, 0.3) is 0 Å². The van der Waals surface area contributed by atoms with E-state index < -0.39 is 0 Å². The minimum absolute atomic E-state index is 0.208. The van der Waals surface area contributed by atoms with Crippen molar-refractivity contribution in [3.8, 4) is 5.88 Å². The molecule has 0 bridgehead atoms. The Morgan fingerprint density at radius 1 is 1.33 bits per heavy atom. The van der Waals surface area contributed by atoms with Crippen molar-refractivity contribution >= 4 is 11.5 Å². The minimum Gasteiger partial charge on any atom is -0.481 e. The van der Waals surface area contributed by atoms with Crippen LogP contribution in [0.3, 0.4) is 0 Å². The summed E-state index contributed by atoms with van der Waals surface area (Å²) in [6.45, 7) is 4.50. The number of anilines is 2. The molecule has 0 saturated carbocycles. The third-order valence-corrected chi connectivity index (χ3v) is 3.18. The van der Waals surface area contributed by atoms with Gasteiger partial charge in [0.15, 0.2) is 5.82 Å². The number of methoxy groups -OCH3 is 1. The number of aliphatic hydroxyl groups is 1. The predicted octanol–water partition coefficient (Wildman–Crippen LogP) is -0.213. The number of nitrogens with two attached hydrogens (primary N) is 1. The zero-order chi connectivity index (χ0) is 13.0. The number of ether oxygens (including phenoxy) is 1. The normalized spacial score (nSPS) is 16.9. The fourth-order valence-electron chi connectivity index (χ4n) is 2.13. The van der Waals surface area contributed by atoms with E-state index in [1.54, 1.807) is 13.2 Å². The van der Waals surface area contributed by atoms with Crippen LogP contribution in [0, 0.1) is 0 Å². The second-order valence-electron chi connectivity index (χ2n) is 4.32. The SMILES string of the molecule is COc1ccc(N)c(N2CCN(CCO)CC2)n1. The highest BCUT2D eigenvalue weighted by molar-refractivity contribution is 5.63. The molecule has 1 saturated heterocycles. The topological polar surface area (TPSA) is 74.9 Å². The van der Waals surface area contributed by atoms with Crippen molar-refractivity contribution in [1.82, 2.24) is 9.88 Å². The molecule has 2 heterocycles. The van der Waals surface area contributed by atoms with Crippen molar-refractivity contribution in [3.05, 3.63) is 12.1 Å². The summed E-state index contributed by atoms with van der Waals surface area (Å²) in [4.78, 5) is 8.78. The van der Waals surface area contributed by atoms with Crippen LogP contribution in [0.4, 0.5) is 11.5 Å². The molecule has 0 amide bonds. The Balaban J connectivity index is 2.04. The van der Waals surface area contributed by atoms with Crippen molar-refractivity contribution in [2.24, 2.45) is 0 Å². The van der Waals surface area contributed by atoms with Crippen LogP contribution in [0.15, 0.2) is 12.1 Å². The van der Waals surface area contributed by atoms with Gasteiger partial charge < -0.3 is 20.5 Å². The van der Waals surface area contributed by atoms with Gasteiger partial charge in [0.25, 0.3) is 0 Å². The summed E-state index contributed by atoms with van der Waals surface area (Å²) in [5, 5.41) is 8.91. The van der Waals surface area contributed by atoms with E-state index in [4.69, 9.17) is 15.6 Å². The van der Waals surface area contributed by atoms with Gasteiger partial charge in [-0.05, 0) is 6.07 Å². The van der Waals surface area contributed by atoms with Gasteiger partial charge in [-0.3, -0.25) is 4.90 Å². The molecule has 1 aromatic rings. The maximum atomic E-state index is 8.91. The van der Waals surface area contributed by atoms with Gasteiger partial charge in [0, 0.05) is 38.8 Å². The van der Waals surface area contributed by atoms with Crippen LogP contribution in [0.5, 0.6) is 5.88 Å². The van der Waals surface area contributed by atoms with Gasteiger partial charge in [-0.1, -0.05) is 0 Å². The standard InChI is InChI=1S/C12H20N4O2/c1-18-11-3-2-10(13)12(14-11)16-6-4-15(5-7-16)8-9-17/h2-3,17H,4-9,13H2,1H3. The molecule has 0 radical (unpaired) electrons. The Bertz CT molecular complexity index is 392. The molecule has 6 heteroatoms. The quantitative estimate of drug-likeness (QED) is 0.772. The largest absolute Gasteiger partial charge is 0.481 e. The molecule has 1 aromatic heterocycles. The molecule has 100 valence electrons. The lowest BCUT2D eigenvalue weighted by atomic mass is 10.3. The molecule has 0 spiro atoms. The molecule has 0 unspecified atom stereocenters. The third-order valence-electron chi connectivity index (χ3n) is 3.18. The van der Waals surface area contributed by atoms with E-state index in [-0.39, 0.29) is 6.61 Å². The molecular formula is C12H20N4O2. The van der Waals surface area contributed by atoms with E-state index in [1.807, 2.05) is 6.07 Å². The monoisotopic (exact) mass is 252 g/mol. The number of rotatable bonds is 4. The third kappa shape index (κ3) is 2.83. The minimum atomic E-state index is 0.208. The van der Waals surface area contributed by atoms with Crippen LogP contribution < -0.4 is 15.4 Å². The first-order valence-corrected chi connectivity index (χ1v) is 6.13. The molecule has 1 aliphatic heterocycles. The molecule has 18 heavy (non-hydrogen) atoms. The Hall–Kier alpha value is -1.53. The second-order valence-corrected chi connectivity index (χ2v) is 4.32. The Labute approximate surface area is 107 Å². The second kappa shape index (κ2) is 5.88. The van der Waals surface area contributed by atoms with Gasteiger partial charge in [0.2, 0.25) is 5.88 Å². The van der Waals surface area contributed by atoms with Gasteiger partial charge in [0.05, 0.1) is 19.4 Å². The average molecular weight is 252 g/mol. The summed E-state index contributed by atoms with van der Waals surface area (Å²) in [6.07, 6.45) is 0. The van der Waals surface area contributed by atoms with Crippen molar-refractivity contribution in [1.29, 1.82) is 0 Å². The molecule has 0 atom stereocenters. The smallest absolute Gasteiger partial charge is 0.215 e. The number of β-amino-alcohol motifs (C(OH)–C–C–N with tert-alkyl or cyclic N) is 1. The number of nitrogen functional groups attached to an aromatic ring is 1. The van der Waals surface area contributed by atoms with Crippen LogP contribution >= 0.6 is 0 Å². The van der Waals surface area contributed by atoms with Gasteiger partial charge in [-0.2, -0.15) is 4.98 Å². The first-order chi connectivity index (χ1) is 8.74. The summed E-state index contributed by atoms with van der Waals surface area (Å²) in [7, 11) is 1.60. The predicted molar refractivity (Wildman–Crippen MR) is 70.9 cm³/mol. The number of hydrogen-bond donors (Lipinski definition) is 2. The van der Waals surface area contributed by atoms with Crippen molar-refractivity contribution < 1.29 is 9.84 Å². The Kier molecular flexibility index (Phi) is 4.22. The molecular weight excluding hydrogens is 232 g/mol. The lowest BCUT2D eigenvalue weighted by molar-refractivity contribution is 0.188. The van der Waals surface area contributed by atoms with Crippen molar-refractivity contribution in [2.45, 2.75) is 0 Å². The molecule has 0 aliphatic carbocycles. The average Bonchev–Trinajstić information content (AvgIpc) is 2.41. The van der Waals surface area contributed by atoms with Gasteiger partial charge in [-0.25, -0.2) is 0 Å². The van der Waals surface area contributed by atoms with Gasteiger partial charge >= 0.3 is 0 Å². The number of hydrogen-bond acceptors (Lipinski definition) is 6. The van der Waals surface area contributed by atoms with E-state index in [2.05, 4.69) is 14.8 Å². The molecule has 2 rings (SSSR count). The number of piperazine rings is 1. The lowest BCUT2D eigenvalue weighted by Gasteiger charge is -2.35. The van der Waals surface area contributed by atoms with E-state index in [9.17, 15) is 0 Å². The molecule has 1 aliphatic rings. The lowest BCUT2D eigenvalue weighted by Crippen LogP contribution is -2.47. The van der Waals surface area contributed by atoms with Crippen molar-refractivity contribution in [3.63, 3.8) is 0 Å². The van der Waals surface area contributed by atoms with Gasteiger partial charge in [-0.15, -0.1) is 0 Å². The highest BCUT2D eigenvalue weighted by Gasteiger charge is 2.19. The van der Waals surface area contributed by atoms with E-state index in [0.717, 1.165) is 38.5 Å². The fourth-order valence-corrected chi connectivity index (χ4v) is 2.13. The zero-order valence-electron chi connectivity index (χ0n) is 10.7. The Morgan fingerprint density at radius 2 is 2.06 bits per heavy atom. The maximum Gasteiger partial charge on any atom is 0.215 e. The number of nitrogens with zero attached hydrogens (tertiary/aromatic N) is 3. The summed E-state index contributed by atoms with van der Waals surface area (Å²) < 4.78 is 5.12. The summed E-state index contributed by atoms with van der Waals surface area (Å²) in [5.74, 6) is 1.37. The number of aromatic nitrogens is 1. The molecule has 1 fully saturated rings. The fraction of sp³-hybridized carbons (Fsp3) is 0.583. The highest BCUT2D eigenvalue weighted by atomic mass is 16.5. The van der Waals surface area contributed by atoms with Crippen LogP contribution in [0.1, 0.15) is 0 Å². The van der Waals surface area contributed by atoms with Crippen LogP contribution in [-0.2, 0) is 0 Å². The van der Waals surface area contributed by atoms with Crippen molar-refractivity contribution in [2.75, 3.05) is 57.1 Å². The molecule has 3 N–H and O–H groups in total. The summed E-state index contributed by atoms with van der Waals surface area (Å²) in [6, 6.07) is 3.59. The number of pyridine rings is 1. The molecule has 6 nitrogen and oxygen atoms in total. The summed E-state index contributed by atoms with van der Waals surface area (Å²) >= 11 is 0. The van der Waals surface area contributed by atoms with Gasteiger partial charge in [0.1, 0.15) is 0 Å². The maximum absolute atomic E-state index is 8.91. The Morgan fingerprint density at radius 3 is 2.67 bits per heavy atom. The highest BCUT2D eigenvalue weighted by Crippen LogP contribution is 2.24. The first kappa shape index (κ1) is 12.9.